The van der Waals surface area contributed by atoms with Crippen LogP contribution in [-0.4, -0.2) is 13.0 Å². The van der Waals surface area contributed by atoms with E-state index in [2.05, 4.69) is 13.0 Å². The van der Waals surface area contributed by atoms with E-state index in [1.54, 1.807) is 24.3 Å². The van der Waals surface area contributed by atoms with Crippen LogP contribution in [0.25, 0.3) is 0 Å². The van der Waals surface area contributed by atoms with Gasteiger partial charge in [-0.25, -0.2) is 8.42 Å². The van der Waals surface area contributed by atoms with Crippen molar-refractivity contribution in [2.24, 2.45) is 0 Å². The second-order valence-electron chi connectivity index (χ2n) is 8.95. The van der Waals surface area contributed by atoms with E-state index >= 15 is 0 Å². The Balaban J connectivity index is 0.00000578. The topological polar surface area (TPSA) is 66.4 Å². The fourth-order valence-corrected chi connectivity index (χ4v) is 4.63. The molecule has 2 aromatic carbocycles. The maximum Gasteiger partial charge on any atom is 1.00 e. The quantitative estimate of drug-likeness (QED) is 0.131. The molecule has 0 amide bonds. The Hall–Kier alpha value is 0.150. The Labute approximate surface area is 258 Å². The third-order valence-corrected chi connectivity index (χ3v) is 6.77. The van der Waals surface area contributed by atoms with Crippen molar-refractivity contribution < 1.29 is 76.8 Å². The van der Waals surface area contributed by atoms with E-state index in [-0.39, 0.29) is 64.0 Å². The van der Waals surface area contributed by atoms with Gasteiger partial charge in [-0.3, -0.25) is 0 Å². The first kappa shape index (κ1) is 35.2. The van der Waals surface area contributed by atoms with Gasteiger partial charge in [0.25, 0.3) is 0 Å². The largest absolute Gasteiger partial charge is 1.00 e. The summed E-state index contributed by atoms with van der Waals surface area (Å²) < 4.78 is 40.5. The number of hydrogen-bond acceptors (Lipinski definition) is 4. The van der Waals surface area contributed by atoms with Gasteiger partial charge in [0.05, 0.1) is 4.90 Å². The minimum atomic E-state index is -4.54. The van der Waals surface area contributed by atoms with Gasteiger partial charge in [-0.2, -0.15) is 18.2 Å². The molecule has 0 spiro atoms. The fraction of sp³-hybridized carbons (Fsp3) is 0.571. The summed E-state index contributed by atoms with van der Waals surface area (Å²) in [7, 11) is -4.54. The number of ether oxygens (including phenoxy) is 1. The van der Waals surface area contributed by atoms with Crippen LogP contribution in [0.15, 0.2) is 47.4 Å². The molecule has 0 unspecified atom stereocenters. The summed E-state index contributed by atoms with van der Waals surface area (Å²) in [5.41, 5.74) is 0.820. The molecule has 0 aliphatic rings. The Morgan fingerprint density at radius 1 is 0.771 bits per heavy atom. The van der Waals surface area contributed by atoms with Crippen molar-refractivity contribution in [1.29, 1.82) is 0 Å². The molecule has 0 fully saturated rings. The zero-order valence-corrected chi connectivity index (χ0v) is 27.0. The molecule has 0 aliphatic heterocycles. The van der Waals surface area contributed by atoms with Crippen molar-refractivity contribution in [3.63, 3.8) is 0 Å². The zero-order valence-electron chi connectivity index (χ0n) is 22.2. The molecule has 0 saturated carbocycles. The van der Waals surface area contributed by atoms with Crippen molar-refractivity contribution in [2.45, 2.75) is 108 Å². The second-order valence-corrected chi connectivity index (χ2v) is 10.3. The predicted molar refractivity (Wildman–Crippen MR) is 134 cm³/mol. The summed E-state index contributed by atoms with van der Waals surface area (Å²) in [6.45, 7) is 2.26. The molecular formula is C28H40Na2O4S. The van der Waals surface area contributed by atoms with Gasteiger partial charge in [0.15, 0.2) is 0 Å². The molecule has 0 heterocycles. The number of benzene rings is 2. The maximum absolute atomic E-state index is 11.6. The van der Waals surface area contributed by atoms with Crippen LogP contribution in [-0.2, 0) is 16.5 Å². The van der Waals surface area contributed by atoms with Crippen LogP contribution >= 0.6 is 0 Å². The van der Waals surface area contributed by atoms with Crippen molar-refractivity contribution >= 4 is 10.1 Å². The van der Waals surface area contributed by atoms with E-state index in [0.717, 1.165) is 24.8 Å². The van der Waals surface area contributed by atoms with Crippen LogP contribution in [0.2, 0.25) is 0 Å². The number of aryl methyl sites for hydroxylation is 1. The summed E-state index contributed by atoms with van der Waals surface area (Å²) in [4.78, 5) is -0.236. The molecule has 2 aromatic rings. The minimum absolute atomic E-state index is 0. The Kier molecular flexibility index (Phi) is 21.2. The van der Waals surface area contributed by atoms with Crippen molar-refractivity contribution in [2.75, 3.05) is 0 Å². The van der Waals surface area contributed by atoms with Gasteiger partial charge in [-0.1, -0.05) is 90.4 Å². The monoisotopic (exact) mass is 518 g/mol. The van der Waals surface area contributed by atoms with E-state index in [4.69, 9.17) is 4.74 Å². The molecule has 0 atom stereocenters. The minimum Gasteiger partial charge on any atom is -0.744 e. The fourth-order valence-electron chi connectivity index (χ4n) is 4.08. The SMILES string of the molecule is CCCCCCCCCCCCCCCCc1cc(Oc2c[c-]ccc2)cc(S(=O)(=O)[O-])c1.[Na+].[Na+]. The van der Waals surface area contributed by atoms with Crippen LogP contribution in [0.3, 0.4) is 0 Å². The third-order valence-electron chi connectivity index (χ3n) is 5.96. The zero-order chi connectivity index (χ0) is 23.8. The molecule has 2 rings (SSSR count). The van der Waals surface area contributed by atoms with Gasteiger partial charge >= 0.3 is 59.1 Å². The molecular weight excluding hydrogens is 478 g/mol. The summed E-state index contributed by atoms with van der Waals surface area (Å²) in [5.74, 6) is 0.923. The Morgan fingerprint density at radius 2 is 1.31 bits per heavy atom. The molecule has 0 radical (unpaired) electrons. The first-order valence-electron chi connectivity index (χ1n) is 12.7. The molecule has 0 saturated heterocycles. The molecule has 0 bridgehead atoms. The van der Waals surface area contributed by atoms with E-state index in [9.17, 15) is 13.0 Å². The first-order valence-corrected chi connectivity index (χ1v) is 14.1. The third kappa shape index (κ3) is 16.6. The van der Waals surface area contributed by atoms with E-state index < -0.39 is 10.1 Å². The number of unbranched alkanes of at least 4 members (excludes halogenated alkanes) is 13. The van der Waals surface area contributed by atoms with Gasteiger partial charge in [-0.15, -0.1) is 12.1 Å². The summed E-state index contributed by atoms with van der Waals surface area (Å²) in [6.07, 6.45) is 18.9. The molecule has 4 nitrogen and oxygen atoms in total. The van der Waals surface area contributed by atoms with E-state index in [1.807, 2.05) is 6.07 Å². The van der Waals surface area contributed by atoms with Crippen LogP contribution < -0.4 is 63.9 Å². The van der Waals surface area contributed by atoms with Crippen LogP contribution in [0, 0.1) is 6.07 Å². The Bertz CT molecular complexity index is 889. The standard InChI is InChI=1S/C28H41O4S.2Na/c1-2-3-4-5-6-7-8-9-10-11-12-13-14-16-19-25-22-27(24-28(23-25)33(29,30)31)32-26-20-17-15-18-21-26;;/h15,17,20-24H,2-14,16,19H2,1H3,(H,29,30,31);;/q-1;2*+1/p-1. The number of rotatable bonds is 18. The van der Waals surface area contributed by atoms with Crippen molar-refractivity contribution in [3.05, 3.63) is 54.1 Å². The van der Waals surface area contributed by atoms with Crippen molar-refractivity contribution in [1.82, 2.24) is 0 Å². The van der Waals surface area contributed by atoms with Crippen LogP contribution in [0.1, 0.15) is 102 Å². The van der Waals surface area contributed by atoms with Gasteiger partial charge in [0.1, 0.15) is 15.9 Å². The molecule has 7 heteroatoms. The van der Waals surface area contributed by atoms with Crippen molar-refractivity contribution in [3.8, 4) is 11.5 Å². The summed E-state index contributed by atoms with van der Waals surface area (Å²) in [5, 5.41) is 0. The average molecular weight is 519 g/mol. The normalized spacial score (nSPS) is 10.9. The maximum atomic E-state index is 11.6. The smallest absolute Gasteiger partial charge is 0.744 e. The summed E-state index contributed by atoms with van der Waals surface area (Å²) >= 11 is 0. The second kappa shape index (κ2) is 21.1. The van der Waals surface area contributed by atoms with E-state index in [0.29, 0.717) is 11.5 Å². The molecule has 0 N–H and O–H groups in total. The van der Waals surface area contributed by atoms with Gasteiger partial charge in [0.2, 0.25) is 0 Å². The first-order chi connectivity index (χ1) is 16.0. The van der Waals surface area contributed by atoms with E-state index in [1.165, 1.54) is 89.2 Å². The summed E-state index contributed by atoms with van der Waals surface area (Å²) in [6, 6.07) is 14.5. The molecule has 0 aliphatic carbocycles. The van der Waals surface area contributed by atoms with Crippen LogP contribution in [0.4, 0.5) is 0 Å². The van der Waals surface area contributed by atoms with Crippen LogP contribution in [0.5, 0.6) is 11.5 Å². The van der Waals surface area contributed by atoms with Gasteiger partial charge in [-0.05, 0) is 36.6 Å². The molecule has 0 aromatic heterocycles. The predicted octanol–water partition coefficient (Wildman–Crippen LogP) is 2.21. The number of hydrogen-bond donors (Lipinski definition) is 0. The average Bonchev–Trinajstić information content (AvgIpc) is 2.79. The Morgan fingerprint density at radius 3 is 1.80 bits per heavy atom. The van der Waals surface area contributed by atoms with Gasteiger partial charge in [0, 0.05) is 5.75 Å². The molecule has 35 heavy (non-hydrogen) atoms. The van der Waals surface area contributed by atoms with Gasteiger partial charge < -0.3 is 9.29 Å². The molecule has 184 valence electrons.